The second kappa shape index (κ2) is 9.34. The number of hydrogen-bond acceptors (Lipinski definition) is 9. The van der Waals surface area contributed by atoms with Crippen molar-refractivity contribution in [1.29, 1.82) is 0 Å². The molecule has 2 atom stereocenters. The van der Waals surface area contributed by atoms with Gasteiger partial charge in [-0.25, -0.2) is 9.48 Å². The SMILES string of the molecule is CN(OC(=O)OCc1c(-c2ccc(O[C@H]3CCC[C@H](C(=O)O)C3)cn2)nnn1C)C1(C)CC1. The number of aryl methyl sites for hydroxylation is 1. The Kier molecular flexibility index (Phi) is 6.50. The van der Waals surface area contributed by atoms with Crippen molar-refractivity contribution in [3.05, 3.63) is 24.0 Å². The van der Waals surface area contributed by atoms with E-state index in [9.17, 15) is 14.7 Å². The van der Waals surface area contributed by atoms with Gasteiger partial charge in [0.2, 0.25) is 0 Å². The zero-order valence-electron chi connectivity index (χ0n) is 19.1. The molecule has 0 spiro atoms. The monoisotopic (exact) mass is 459 g/mol. The zero-order chi connectivity index (χ0) is 23.6. The molecule has 1 N–H and O–H groups in total. The second-order valence-corrected chi connectivity index (χ2v) is 8.95. The molecular weight excluding hydrogens is 430 g/mol. The van der Waals surface area contributed by atoms with E-state index >= 15 is 0 Å². The summed E-state index contributed by atoms with van der Waals surface area (Å²) >= 11 is 0. The number of carbonyl (C=O) groups excluding carboxylic acids is 1. The smallest absolute Gasteiger partial charge is 0.489 e. The van der Waals surface area contributed by atoms with Crippen LogP contribution in [0.5, 0.6) is 5.75 Å². The fraction of sp³-hybridized carbons (Fsp3) is 0.591. The van der Waals surface area contributed by atoms with Gasteiger partial charge >= 0.3 is 12.1 Å². The summed E-state index contributed by atoms with van der Waals surface area (Å²) in [5, 5.41) is 18.9. The highest BCUT2D eigenvalue weighted by Crippen LogP contribution is 2.40. The molecule has 11 nitrogen and oxygen atoms in total. The van der Waals surface area contributed by atoms with Gasteiger partial charge in [0.15, 0.2) is 0 Å². The molecule has 4 rings (SSSR count). The lowest BCUT2D eigenvalue weighted by molar-refractivity contribution is -0.144. The molecule has 0 saturated heterocycles. The highest BCUT2D eigenvalue weighted by molar-refractivity contribution is 5.70. The fourth-order valence-electron chi connectivity index (χ4n) is 3.87. The molecular formula is C22H29N5O6. The molecule has 0 radical (unpaired) electrons. The summed E-state index contributed by atoms with van der Waals surface area (Å²) in [5.41, 5.74) is 1.50. The lowest BCUT2D eigenvalue weighted by Gasteiger charge is -2.27. The number of rotatable bonds is 8. The van der Waals surface area contributed by atoms with E-state index in [-0.39, 0.29) is 24.2 Å². The highest BCUT2D eigenvalue weighted by Gasteiger charge is 2.44. The third-order valence-electron chi connectivity index (χ3n) is 6.47. The third-order valence-corrected chi connectivity index (χ3v) is 6.47. The third kappa shape index (κ3) is 5.41. The average Bonchev–Trinajstić information content (AvgIpc) is 3.45. The Labute approximate surface area is 191 Å². The van der Waals surface area contributed by atoms with Gasteiger partial charge in [0.25, 0.3) is 0 Å². The first-order valence-corrected chi connectivity index (χ1v) is 11.1. The van der Waals surface area contributed by atoms with Gasteiger partial charge in [-0.2, -0.15) is 0 Å². The number of ether oxygens (including phenoxy) is 2. The first-order valence-electron chi connectivity index (χ1n) is 11.1. The number of carbonyl (C=O) groups is 2. The molecule has 11 heteroatoms. The van der Waals surface area contributed by atoms with Gasteiger partial charge in [-0.15, -0.1) is 10.2 Å². The van der Waals surface area contributed by atoms with Gasteiger partial charge in [0.1, 0.15) is 23.7 Å². The number of aromatic nitrogens is 4. The van der Waals surface area contributed by atoms with Crippen LogP contribution in [-0.4, -0.2) is 61.0 Å². The highest BCUT2D eigenvalue weighted by atomic mass is 16.8. The van der Waals surface area contributed by atoms with Gasteiger partial charge in [-0.3, -0.25) is 9.78 Å². The molecule has 0 amide bonds. The summed E-state index contributed by atoms with van der Waals surface area (Å²) in [4.78, 5) is 33.0. The summed E-state index contributed by atoms with van der Waals surface area (Å²) in [7, 11) is 3.42. The topological polar surface area (TPSA) is 129 Å². The van der Waals surface area contributed by atoms with Gasteiger partial charge in [0.05, 0.1) is 29.5 Å². The van der Waals surface area contributed by atoms with Crippen molar-refractivity contribution in [2.24, 2.45) is 13.0 Å². The molecule has 2 aliphatic carbocycles. The molecule has 2 aromatic heterocycles. The van der Waals surface area contributed by atoms with Crippen molar-refractivity contribution in [2.45, 2.75) is 63.7 Å². The molecule has 178 valence electrons. The van der Waals surface area contributed by atoms with Gasteiger partial charge in [-0.1, -0.05) is 5.21 Å². The van der Waals surface area contributed by atoms with Crippen LogP contribution < -0.4 is 4.74 Å². The van der Waals surface area contributed by atoms with Crippen LogP contribution in [0, 0.1) is 5.92 Å². The lowest BCUT2D eigenvalue weighted by Crippen LogP contribution is -2.33. The largest absolute Gasteiger partial charge is 0.528 e. The summed E-state index contributed by atoms with van der Waals surface area (Å²) < 4.78 is 12.7. The van der Waals surface area contributed by atoms with E-state index in [1.165, 1.54) is 9.75 Å². The molecule has 0 aliphatic heterocycles. The standard InChI is InChI=1S/C22H29N5O6/c1-22(9-10-22)27(3)33-21(30)31-13-18-19(24-25-26(18)2)17-8-7-16(12-23-17)32-15-6-4-5-14(11-15)20(28)29/h7-8,12,14-15H,4-6,9-11,13H2,1-3H3,(H,28,29)/t14-,15-/m0/s1. The number of pyridine rings is 1. The quantitative estimate of drug-likeness (QED) is 0.464. The molecule has 2 aliphatic rings. The summed E-state index contributed by atoms with van der Waals surface area (Å²) in [6.07, 6.45) is 5.42. The van der Waals surface area contributed by atoms with Crippen LogP contribution in [0.3, 0.4) is 0 Å². The van der Waals surface area contributed by atoms with Crippen LogP contribution in [-0.2, 0) is 28.0 Å². The van der Waals surface area contributed by atoms with Crippen LogP contribution >= 0.6 is 0 Å². The van der Waals surface area contributed by atoms with Gasteiger partial charge in [-0.05, 0) is 57.6 Å². The Balaban J connectivity index is 1.36. The molecule has 0 aromatic carbocycles. The lowest BCUT2D eigenvalue weighted by atomic mass is 9.87. The van der Waals surface area contributed by atoms with E-state index in [0.29, 0.717) is 35.7 Å². The van der Waals surface area contributed by atoms with E-state index in [4.69, 9.17) is 14.3 Å². The Hall–Kier alpha value is -3.21. The van der Waals surface area contributed by atoms with Crippen molar-refractivity contribution >= 4 is 12.1 Å². The number of nitrogens with zero attached hydrogens (tertiary/aromatic N) is 5. The summed E-state index contributed by atoms with van der Waals surface area (Å²) in [5.74, 6) is -0.570. The number of carboxylic acid groups (broad SMARTS) is 1. The van der Waals surface area contributed by atoms with Crippen molar-refractivity contribution in [3.63, 3.8) is 0 Å². The molecule has 2 fully saturated rings. The molecule has 0 bridgehead atoms. The second-order valence-electron chi connectivity index (χ2n) is 8.95. The van der Waals surface area contributed by atoms with Crippen LogP contribution in [0.2, 0.25) is 0 Å². The van der Waals surface area contributed by atoms with Crippen LogP contribution in [0.15, 0.2) is 18.3 Å². The van der Waals surface area contributed by atoms with E-state index in [1.54, 1.807) is 32.4 Å². The molecule has 2 saturated carbocycles. The normalized spacial score (nSPS) is 21.5. The molecule has 33 heavy (non-hydrogen) atoms. The fourth-order valence-corrected chi connectivity index (χ4v) is 3.87. The van der Waals surface area contributed by atoms with E-state index in [0.717, 1.165) is 25.7 Å². The summed E-state index contributed by atoms with van der Waals surface area (Å²) in [6.45, 7) is 1.95. The summed E-state index contributed by atoms with van der Waals surface area (Å²) in [6, 6.07) is 3.52. The van der Waals surface area contributed by atoms with Crippen molar-refractivity contribution in [2.75, 3.05) is 7.05 Å². The van der Waals surface area contributed by atoms with E-state index < -0.39 is 12.1 Å². The molecule has 2 aromatic rings. The Morgan fingerprint density at radius 1 is 1.30 bits per heavy atom. The number of aliphatic carboxylic acids is 1. The minimum Gasteiger partial charge on any atom is -0.489 e. The minimum absolute atomic E-state index is 0.0686. The Bertz CT molecular complexity index is 1000. The maximum absolute atomic E-state index is 12.1. The maximum atomic E-state index is 12.1. The van der Waals surface area contributed by atoms with E-state index in [1.807, 2.05) is 6.92 Å². The first-order chi connectivity index (χ1) is 15.7. The predicted molar refractivity (Wildman–Crippen MR) is 115 cm³/mol. The van der Waals surface area contributed by atoms with Gasteiger partial charge < -0.3 is 19.4 Å². The van der Waals surface area contributed by atoms with Crippen molar-refractivity contribution < 1.29 is 29.0 Å². The first kappa shape index (κ1) is 23.0. The molecule has 2 heterocycles. The van der Waals surface area contributed by atoms with Crippen LogP contribution in [0.25, 0.3) is 11.4 Å². The van der Waals surface area contributed by atoms with Crippen molar-refractivity contribution in [1.82, 2.24) is 25.0 Å². The maximum Gasteiger partial charge on any atom is 0.528 e. The van der Waals surface area contributed by atoms with Crippen molar-refractivity contribution in [3.8, 4) is 17.1 Å². The number of hydrogen-bond donors (Lipinski definition) is 1. The van der Waals surface area contributed by atoms with Crippen LogP contribution in [0.1, 0.15) is 51.1 Å². The van der Waals surface area contributed by atoms with Gasteiger partial charge in [0, 0.05) is 14.1 Å². The zero-order valence-corrected chi connectivity index (χ0v) is 19.1. The van der Waals surface area contributed by atoms with E-state index in [2.05, 4.69) is 15.3 Å². The minimum atomic E-state index is -0.790. The Morgan fingerprint density at radius 3 is 2.76 bits per heavy atom. The number of carboxylic acids is 1. The number of hydroxylamine groups is 2. The Morgan fingerprint density at radius 2 is 2.09 bits per heavy atom. The average molecular weight is 460 g/mol. The van der Waals surface area contributed by atoms with Crippen LogP contribution in [0.4, 0.5) is 4.79 Å². The molecule has 0 unspecified atom stereocenters. The predicted octanol–water partition coefficient (Wildman–Crippen LogP) is 2.95.